The van der Waals surface area contributed by atoms with Crippen molar-refractivity contribution in [1.29, 1.82) is 0 Å². The maximum atomic E-state index is 10.8. The second kappa shape index (κ2) is 5.47. The third-order valence-electron chi connectivity index (χ3n) is 1.51. The first-order valence-electron chi connectivity index (χ1n) is 3.73. The van der Waals surface area contributed by atoms with Crippen LogP contribution in [0.4, 0.5) is 4.79 Å². The number of ether oxygens (including phenoxy) is 1. The minimum atomic E-state index is -1.09. The Hall–Kier alpha value is -0.400. The van der Waals surface area contributed by atoms with Crippen LogP contribution in [0, 0.1) is 0 Å². The predicted molar refractivity (Wildman–Crippen MR) is 57.3 cm³/mol. The van der Waals surface area contributed by atoms with Gasteiger partial charge in [-0.3, -0.25) is 4.79 Å². The fourth-order valence-corrected chi connectivity index (χ4v) is 2.44. The summed E-state index contributed by atoms with van der Waals surface area (Å²) in [4.78, 5) is 21.4. The van der Waals surface area contributed by atoms with Crippen LogP contribution in [0.25, 0.3) is 0 Å². The molecular weight excluding hydrogens is 226 g/mol. The van der Waals surface area contributed by atoms with Gasteiger partial charge >= 0.3 is 11.3 Å². The number of carboxylic acid groups (broad SMARTS) is 1. The fraction of sp³-hybridized carbons (Fsp3) is 0.714. The summed E-state index contributed by atoms with van der Waals surface area (Å²) in [5.41, 5.74) is 5.44. The summed E-state index contributed by atoms with van der Waals surface area (Å²) in [5, 5.41) is 8.20. The van der Waals surface area contributed by atoms with Crippen molar-refractivity contribution in [2.75, 3.05) is 7.11 Å². The molecule has 0 aliphatic carbocycles. The highest BCUT2D eigenvalue weighted by molar-refractivity contribution is 8.82. The number of carboxylic acids is 1. The first kappa shape index (κ1) is 13.6. The van der Waals surface area contributed by atoms with Crippen molar-refractivity contribution >= 4 is 32.9 Å². The molecule has 0 aliphatic heterocycles. The third kappa shape index (κ3) is 4.21. The Morgan fingerprint density at radius 3 is 2.36 bits per heavy atom. The topological polar surface area (TPSA) is 89.6 Å². The second-order valence-corrected chi connectivity index (χ2v) is 5.76. The van der Waals surface area contributed by atoms with Gasteiger partial charge in [0.05, 0.1) is 7.11 Å². The van der Waals surface area contributed by atoms with E-state index >= 15 is 0 Å². The van der Waals surface area contributed by atoms with Gasteiger partial charge in [-0.2, -0.15) is 0 Å². The second-order valence-electron chi connectivity index (χ2n) is 3.04. The molecule has 0 fully saturated rings. The van der Waals surface area contributed by atoms with Crippen LogP contribution in [0.5, 0.6) is 0 Å². The molecule has 5 nitrogen and oxygen atoms in total. The SMILES string of the molecule is COC(=O)SSC(C)(C)C(N)C(=O)O. The Kier molecular flexibility index (Phi) is 5.32. The van der Waals surface area contributed by atoms with Gasteiger partial charge < -0.3 is 15.6 Å². The van der Waals surface area contributed by atoms with Crippen LogP contribution in [0.15, 0.2) is 0 Å². The van der Waals surface area contributed by atoms with Crippen LogP contribution >= 0.6 is 21.6 Å². The molecule has 0 aliphatic rings. The van der Waals surface area contributed by atoms with Crippen LogP contribution in [0.3, 0.4) is 0 Å². The van der Waals surface area contributed by atoms with Gasteiger partial charge in [0, 0.05) is 15.5 Å². The molecule has 0 aromatic rings. The number of carbonyl (C=O) groups is 2. The Bertz CT molecular complexity index is 232. The van der Waals surface area contributed by atoms with Crippen molar-refractivity contribution in [2.45, 2.75) is 24.6 Å². The third-order valence-corrected chi connectivity index (χ3v) is 4.52. The van der Waals surface area contributed by atoms with E-state index < -0.39 is 22.1 Å². The first-order chi connectivity index (χ1) is 6.31. The molecule has 7 heteroatoms. The molecule has 14 heavy (non-hydrogen) atoms. The zero-order valence-corrected chi connectivity index (χ0v) is 9.78. The minimum absolute atomic E-state index is 0.472. The lowest BCUT2D eigenvalue weighted by Gasteiger charge is -2.26. The molecule has 0 heterocycles. The Morgan fingerprint density at radius 1 is 1.50 bits per heavy atom. The molecule has 0 amide bonds. The van der Waals surface area contributed by atoms with E-state index in [1.165, 1.54) is 7.11 Å². The van der Waals surface area contributed by atoms with Crippen LogP contribution in [0.1, 0.15) is 13.8 Å². The van der Waals surface area contributed by atoms with E-state index in [1.54, 1.807) is 13.8 Å². The largest absolute Gasteiger partial charge is 0.480 e. The highest BCUT2D eigenvalue weighted by Gasteiger charge is 2.34. The normalized spacial score (nSPS) is 13.4. The Labute approximate surface area is 90.1 Å². The van der Waals surface area contributed by atoms with E-state index in [-0.39, 0.29) is 0 Å². The van der Waals surface area contributed by atoms with Crippen molar-refractivity contribution < 1.29 is 19.4 Å². The van der Waals surface area contributed by atoms with E-state index in [9.17, 15) is 9.59 Å². The zero-order valence-electron chi connectivity index (χ0n) is 8.14. The van der Waals surface area contributed by atoms with Gasteiger partial charge in [-0.25, -0.2) is 4.79 Å². The van der Waals surface area contributed by atoms with Gasteiger partial charge in [0.25, 0.3) is 0 Å². The summed E-state index contributed by atoms with van der Waals surface area (Å²) in [7, 11) is 3.19. The van der Waals surface area contributed by atoms with Gasteiger partial charge in [-0.15, -0.1) is 0 Å². The maximum Gasteiger partial charge on any atom is 0.377 e. The summed E-state index contributed by atoms with van der Waals surface area (Å²) in [6.45, 7) is 3.32. The average Bonchev–Trinajstić information content (AvgIpc) is 2.12. The van der Waals surface area contributed by atoms with E-state index in [2.05, 4.69) is 4.74 Å². The number of carbonyl (C=O) groups excluding carboxylic acids is 1. The molecule has 0 spiro atoms. The van der Waals surface area contributed by atoms with Crippen LogP contribution in [-0.2, 0) is 9.53 Å². The van der Waals surface area contributed by atoms with Crippen molar-refractivity contribution in [3.8, 4) is 0 Å². The number of methoxy groups -OCH3 is 1. The van der Waals surface area contributed by atoms with Gasteiger partial charge in [-0.05, 0) is 13.8 Å². The number of hydrogen-bond acceptors (Lipinski definition) is 6. The quantitative estimate of drug-likeness (QED) is 0.565. The number of rotatable bonds is 4. The molecule has 0 bridgehead atoms. The summed E-state index contributed by atoms with van der Waals surface area (Å²) in [6.07, 6.45) is 0. The summed E-state index contributed by atoms with van der Waals surface area (Å²) in [5.74, 6) is -1.09. The van der Waals surface area contributed by atoms with Gasteiger partial charge in [0.2, 0.25) is 0 Å². The fourth-order valence-electron chi connectivity index (χ4n) is 0.525. The number of aliphatic carboxylic acids is 1. The van der Waals surface area contributed by atoms with Crippen LogP contribution < -0.4 is 5.73 Å². The highest BCUT2D eigenvalue weighted by Crippen LogP contribution is 2.38. The monoisotopic (exact) mass is 239 g/mol. The average molecular weight is 239 g/mol. The zero-order chi connectivity index (χ0) is 11.4. The Morgan fingerprint density at radius 2 is 2.00 bits per heavy atom. The lowest BCUT2D eigenvalue weighted by molar-refractivity contribution is -0.139. The molecule has 0 saturated carbocycles. The molecule has 1 unspecified atom stereocenters. The van der Waals surface area contributed by atoms with E-state index in [0.717, 1.165) is 21.6 Å². The lowest BCUT2D eigenvalue weighted by Crippen LogP contribution is -2.46. The van der Waals surface area contributed by atoms with Gasteiger partial charge in [-0.1, -0.05) is 10.8 Å². The number of nitrogens with two attached hydrogens (primary N) is 1. The summed E-state index contributed by atoms with van der Waals surface area (Å²) < 4.78 is 3.67. The van der Waals surface area contributed by atoms with E-state index in [1.807, 2.05) is 0 Å². The molecule has 0 rings (SSSR count). The van der Waals surface area contributed by atoms with Gasteiger partial charge in [0.15, 0.2) is 0 Å². The molecule has 0 saturated heterocycles. The minimum Gasteiger partial charge on any atom is -0.480 e. The van der Waals surface area contributed by atoms with Crippen molar-refractivity contribution in [2.24, 2.45) is 5.73 Å². The predicted octanol–water partition coefficient (Wildman–Crippen LogP) is 1.32. The van der Waals surface area contributed by atoms with E-state index in [4.69, 9.17) is 10.8 Å². The molecule has 0 aromatic carbocycles. The number of hydrogen-bond donors (Lipinski definition) is 2. The molecule has 0 aromatic heterocycles. The van der Waals surface area contributed by atoms with Crippen LogP contribution in [0.2, 0.25) is 0 Å². The summed E-state index contributed by atoms with van der Waals surface area (Å²) in [6, 6.07) is -1.02. The Balaban J connectivity index is 4.19. The van der Waals surface area contributed by atoms with Crippen molar-refractivity contribution in [3.63, 3.8) is 0 Å². The first-order valence-corrected chi connectivity index (χ1v) is 5.88. The standard InChI is InChI=1S/C7H13NO4S2/c1-7(2,4(8)5(9)10)14-13-6(11)12-3/h4H,8H2,1-3H3,(H,9,10). The van der Waals surface area contributed by atoms with Crippen molar-refractivity contribution in [3.05, 3.63) is 0 Å². The maximum absolute atomic E-state index is 10.8. The summed E-state index contributed by atoms with van der Waals surface area (Å²) >= 11 is 0. The molecule has 82 valence electrons. The molecule has 3 N–H and O–H groups in total. The highest BCUT2D eigenvalue weighted by atomic mass is 33.1. The smallest absolute Gasteiger partial charge is 0.377 e. The van der Waals surface area contributed by atoms with E-state index in [0.29, 0.717) is 0 Å². The molecule has 1 atom stereocenters. The lowest BCUT2D eigenvalue weighted by atomic mass is 10.1. The molecular formula is C7H13NO4S2. The van der Waals surface area contributed by atoms with Crippen molar-refractivity contribution in [1.82, 2.24) is 0 Å². The molecule has 0 radical (unpaired) electrons. The van der Waals surface area contributed by atoms with Crippen LogP contribution in [-0.4, -0.2) is 34.3 Å². The van der Waals surface area contributed by atoms with Gasteiger partial charge in [0.1, 0.15) is 6.04 Å².